The molecule has 1 atom stereocenters. The predicted octanol–water partition coefficient (Wildman–Crippen LogP) is 2.52. The Hall–Kier alpha value is -0.0400. The highest BCUT2D eigenvalue weighted by Crippen LogP contribution is 2.50. The smallest absolute Gasteiger partial charge is 0.0121 e. The lowest BCUT2D eigenvalue weighted by Gasteiger charge is -2.38. The molecule has 0 aromatic heterocycles. The lowest BCUT2D eigenvalue weighted by atomic mass is 9.67. The second-order valence-corrected chi connectivity index (χ2v) is 5.28. The van der Waals surface area contributed by atoms with Crippen molar-refractivity contribution in [2.45, 2.75) is 45.6 Å². The zero-order valence-electron chi connectivity index (χ0n) is 8.64. The molecule has 0 unspecified atom stereocenters. The van der Waals surface area contributed by atoms with Crippen LogP contribution in [0.25, 0.3) is 0 Å². The molecule has 0 amide bonds. The van der Waals surface area contributed by atoms with Crippen molar-refractivity contribution < 1.29 is 0 Å². The Balaban J connectivity index is 2.02. The van der Waals surface area contributed by atoms with Crippen LogP contribution in [-0.4, -0.2) is 24.5 Å². The maximum absolute atomic E-state index is 2.59. The van der Waals surface area contributed by atoms with Gasteiger partial charge in [-0.2, -0.15) is 0 Å². The van der Waals surface area contributed by atoms with E-state index in [2.05, 4.69) is 25.8 Å². The average molecular weight is 167 g/mol. The molecule has 70 valence electrons. The quantitative estimate of drug-likeness (QED) is 0.580. The highest BCUT2D eigenvalue weighted by Gasteiger charge is 2.46. The molecule has 0 N–H and O–H groups in total. The summed E-state index contributed by atoms with van der Waals surface area (Å²) in [5, 5.41) is 0. The molecule has 0 radical (unpaired) electrons. The average Bonchev–Trinajstić information content (AvgIpc) is 2.26. The Bertz CT molecular complexity index is 170. The topological polar surface area (TPSA) is 3.24 Å². The van der Waals surface area contributed by atoms with Crippen molar-refractivity contribution in [1.82, 2.24) is 4.90 Å². The predicted molar refractivity (Wildman–Crippen MR) is 52.2 cm³/mol. The van der Waals surface area contributed by atoms with Gasteiger partial charge in [-0.15, -0.1) is 0 Å². The van der Waals surface area contributed by atoms with Crippen LogP contribution in [0.4, 0.5) is 0 Å². The summed E-state index contributed by atoms with van der Waals surface area (Å²) in [6.45, 7) is 6.09. The van der Waals surface area contributed by atoms with E-state index >= 15 is 0 Å². The van der Waals surface area contributed by atoms with Crippen molar-refractivity contribution in [2.75, 3.05) is 13.6 Å². The van der Waals surface area contributed by atoms with E-state index in [-0.39, 0.29) is 0 Å². The van der Waals surface area contributed by atoms with Gasteiger partial charge in [0.1, 0.15) is 0 Å². The largest absolute Gasteiger partial charge is 0.303 e. The van der Waals surface area contributed by atoms with Gasteiger partial charge in [-0.3, -0.25) is 0 Å². The van der Waals surface area contributed by atoms with Crippen molar-refractivity contribution in [2.24, 2.45) is 11.3 Å². The van der Waals surface area contributed by atoms with E-state index in [1.165, 1.54) is 32.2 Å². The summed E-state index contributed by atoms with van der Waals surface area (Å²) in [7, 11) is 2.30. The van der Waals surface area contributed by atoms with Gasteiger partial charge in [0.15, 0.2) is 0 Å². The third-order valence-electron chi connectivity index (χ3n) is 3.98. The summed E-state index contributed by atoms with van der Waals surface area (Å²) in [5.74, 6) is 0.843. The molecule has 1 nitrogen and oxygen atoms in total. The number of hydrogen-bond acceptors (Lipinski definition) is 1. The van der Waals surface area contributed by atoms with Crippen molar-refractivity contribution in [3.8, 4) is 0 Å². The van der Waals surface area contributed by atoms with Crippen molar-refractivity contribution >= 4 is 0 Å². The van der Waals surface area contributed by atoms with Crippen LogP contribution in [0.2, 0.25) is 0 Å². The molecule has 1 saturated carbocycles. The molecule has 2 fully saturated rings. The minimum Gasteiger partial charge on any atom is -0.303 e. The maximum Gasteiger partial charge on any atom is 0.0121 e. The molecule has 0 bridgehead atoms. The van der Waals surface area contributed by atoms with Gasteiger partial charge in [-0.25, -0.2) is 0 Å². The summed E-state index contributed by atoms with van der Waals surface area (Å²) >= 11 is 0. The number of nitrogens with zero attached hydrogens (tertiary/aromatic N) is 1. The fourth-order valence-corrected chi connectivity index (χ4v) is 3.09. The summed E-state index contributed by atoms with van der Waals surface area (Å²) in [6, 6.07) is 0.866. The van der Waals surface area contributed by atoms with Crippen LogP contribution in [0.5, 0.6) is 0 Å². The first-order valence-electron chi connectivity index (χ1n) is 5.33. The van der Waals surface area contributed by atoms with Crippen LogP contribution in [0, 0.1) is 11.3 Å². The Morgan fingerprint density at radius 3 is 2.25 bits per heavy atom. The third kappa shape index (κ3) is 1.19. The number of rotatable bonds is 1. The molecular weight excluding hydrogens is 146 g/mol. The van der Waals surface area contributed by atoms with Gasteiger partial charge in [0, 0.05) is 12.6 Å². The monoisotopic (exact) mass is 167 g/mol. The van der Waals surface area contributed by atoms with E-state index in [0.717, 1.165) is 17.4 Å². The van der Waals surface area contributed by atoms with Gasteiger partial charge in [0.05, 0.1) is 0 Å². The van der Waals surface area contributed by atoms with Crippen molar-refractivity contribution in [3.05, 3.63) is 0 Å². The van der Waals surface area contributed by atoms with Crippen LogP contribution < -0.4 is 0 Å². The molecule has 2 rings (SSSR count). The Kier molecular flexibility index (Phi) is 1.95. The van der Waals surface area contributed by atoms with Crippen LogP contribution in [-0.2, 0) is 0 Å². The third-order valence-corrected chi connectivity index (χ3v) is 3.98. The molecule has 1 aliphatic carbocycles. The lowest BCUT2D eigenvalue weighted by molar-refractivity contribution is 0.145. The SMILES string of the molecule is CC(C)[C@@H]1CC2(CCC2)CN1C. The highest BCUT2D eigenvalue weighted by molar-refractivity contribution is 5.00. The van der Waals surface area contributed by atoms with Gasteiger partial charge < -0.3 is 4.90 Å². The molecule has 1 heteroatoms. The molecule has 0 aromatic carbocycles. The molecule has 1 saturated heterocycles. The fraction of sp³-hybridized carbons (Fsp3) is 1.00. The fourth-order valence-electron chi connectivity index (χ4n) is 3.09. The molecule has 0 aromatic rings. The van der Waals surface area contributed by atoms with E-state index in [4.69, 9.17) is 0 Å². The van der Waals surface area contributed by atoms with Crippen molar-refractivity contribution in [3.63, 3.8) is 0 Å². The first-order chi connectivity index (χ1) is 5.63. The molecule has 2 aliphatic rings. The second kappa shape index (κ2) is 2.73. The Morgan fingerprint density at radius 2 is 2.00 bits per heavy atom. The summed E-state index contributed by atoms with van der Waals surface area (Å²) < 4.78 is 0. The maximum atomic E-state index is 2.59. The minimum atomic E-state index is 0.768. The highest BCUT2D eigenvalue weighted by atomic mass is 15.2. The lowest BCUT2D eigenvalue weighted by Crippen LogP contribution is -2.32. The van der Waals surface area contributed by atoms with E-state index in [1.54, 1.807) is 0 Å². The molecule has 12 heavy (non-hydrogen) atoms. The van der Waals surface area contributed by atoms with Crippen molar-refractivity contribution in [1.29, 1.82) is 0 Å². The van der Waals surface area contributed by atoms with Crippen LogP contribution >= 0.6 is 0 Å². The van der Waals surface area contributed by atoms with Gasteiger partial charge in [-0.1, -0.05) is 20.3 Å². The van der Waals surface area contributed by atoms with Gasteiger partial charge in [-0.05, 0) is 37.6 Å². The van der Waals surface area contributed by atoms with Crippen LogP contribution in [0.1, 0.15) is 39.5 Å². The van der Waals surface area contributed by atoms with E-state index in [0.29, 0.717) is 0 Å². The van der Waals surface area contributed by atoms with Gasteiger partial charge >= 0.3 is 0 Å². The molecular formula is C11H21N. The van der Waals surface area contributed by atoms with E-state index in [1.807, 2.05) is 0 Å². The van der Waals surface area contributed by atoms with Gasteiger partial charge in [0.25, 0.3) is 0 Å². The zero-order chi connectivity index (χ0) is 8.77. The Labute approximate surface area is 76.1 Å². The second-order valence-electron chi connectivity index (χ2n) is 5.28. The first kappa shape index (κ1) is 8.55. The van der Waals surface area contributed by atoms with E-state index < -0.39 is 0 Å². The number of likely N-dealkylation sites (tertiary alicyclic amines) is 1. The first-order valence-corrected chi connectivity index (χ1v) is 5.33. The molecule has 1 spiro atoms. The molecule has 1 aliphatic heterocycles. The number of hydrogen-bond donors (Lipinski definition) is 0. The van der Waals surface area contributed by atoms with Crippen LogP contribution in [0.3, 0.4) is 0 Å². The minimum absolute atomic E-state index is 0.768. The standard InChI is InChI=1S/C11H21N/c1-9(2)10-7-11(5-4-6-11)8-12(10)3/h9-10H,4-8H2,1-3H3/t10-/m0/s1. The van der Waals surface area contributed by atoms with Gasteiger partial charge in [0.2, 0.25) is 0 Å². The Morgan fingerprint density at radius 1 is 1.33 bits per heavy atom. The summed E-state index contributed by atoms with van der Waals surface area (Å²) in [5.41, 5.74) is 0.768. The van der Waals surface area contributed by atoms with Crippen LogP contribution in [0.15, 0.2) is 0 Å². The normalized spacial score (nSPS) is 34.5. The summed E-state index contributed by atoms with van der Waals surface area (Å²) in [4.78, 5) is 2.59. The molecule has 1 heterocycles. The summed E-state index contributed by atoms with van der Waals surface area (Å²) in [6.07, 6.45) is 5.96. The zero-order valence-corrected chi connectivity index (χ0v) is 8.64. The van der Waals surface area contributed by atoms with E-state index in [9.17, 15) is 0 Å².